The Bertz CT molecular complexity index is 841. The summed E-state index contributed by atoms with van der Waals surface area (Å²) >= 11 is 5.89. The van der Waals surface area contributed by atoms with Crippen LogP contribution in [0, 0.1) is 6.92 Å². The molecule has 0 amide bonds. The van der Waals surface area contributed by atoms with Crippen molar-refractivity contribution in [1.29, 1.82) is 0 Å². The molecule has 1 N–H and O–H groups in total. The van der Waals surface area contributed by atoms with Crippen LogP contribution in [0.1, 0.15) is 16.1 Å². The Balaban J connectivity index is 2.23. The molecular formula is C17H12ClNO2. The highest BCUT2D eigenvalue weighted by Gasteiger charge is 2.11. The molecule has 1 heterocycles. The van der Waals surface area contributed by atoms with Crippen LogP contribution in [-0.2, 0) is 0 Å². The minimum atomic E-state index is -0.946. The molecule has 104 valence electrons. The summed E-state index contributed by atoms with van der Waals surface area (Å²) in [5, 5.41) is 10.7. The van der Waals surface area contributed by atoms with Crippen LogP contribution in [0.2, 0.25) is 5.02 Å². The fourth-order valence-corrected chi connectivity index (χ4v) is 2.48. The number of carboxylic acid groups (broad SMARTS) is 1. The van der Waals surface area contributed by atoms with Gasteiger partial charge in [-0.1, -0.05) is 29.8 Å². The van der Waals surface area contributed by atoms with Crippen LogP contribution in [0.3, 0.4) is 0 Å². The number of benzene rings is 2. The van der Waals surface area contributed by atoms with Crippen LogP contribution in [0.5, 0.6) is 0 Å². The largest absolute Gasteiger partial charge is 0.478 e. The predicted molar refractivity (Wildman–Crippen MR) is 83.9 cm³/mol. The molecule has 0 fully saturated rings. The van der Waals surface area contributed by atoms with Gasteiger partial charge in [0.25, 0.3) is 0 Å². The van der Waals surface area contributed by atoms with Gasteiger partial charge in [0.1, 0.15) is 0 Å². The Morgan fingerprint density at radius 2 is 1.71 bits per heavy atom. The number of aromatic carboxylic acids is 1. The summed E-state index contributed by atoms with van der Waals surface area (Å²) in [5.74, 6) is -0.946. The number of hydrogen-bond acceptors (Lipinski definition) is 2. The molecule has 0 aliphatic carbocycles. The highest BCUT2D eigenvalue weighted by atomic mass is 35.5. The van der Waals surface area contributed by atoms with Gasteiger partial charge in [-0.25, -0.2) is 4.79 Å². The van der Waals surface area contributed by atoms with Gasteiger partial charge >= 0.3 is 5.97 Å². The van der Waals surface area contributed by atoms with E-state index in [2.05, 4.69) is 4.98 Å². The second-order valence-electron chi connectivity index (χ2n) is 4.86. The third kappa shape index (κ3) is 2.60. The molecule has 0 unspecified atom stereocenters. The van der Waals surface area contributed by atoms with Crippen LogP contribution in [0.4, 0.5) is 0 Å². The zero-order valence-corrected chi connectivity index (χ0v) is 12.1. The number of aromatic nitrogens is 1. The normalized spacial score (nSPS) is 10.8. The number of carbonyl (C=O) groups is 1. The van der Waals surface area contributed by atoms with E-state index in [1.807, 2.05) is 42.5 Å². The van der Waals surface area contributed by atoms with Crippen molar-refractivity contribution < 1.29 is 9.90 Å². The van der Waals surface area contributed by atoms with Crippen LogP contribution >= 0.6 is 11.6 Å². The number of hydrogen-bond donors (Lipinski definition) is 1. The zero-order chi connectivity index (χ0) is 15.0. The molecule has 21 heavy (non-hydrogen) atoms. The minimum absolute atomic E-state index is 0.272. The first-order chi connectivity index (χ1) is 10.0. The lowest BCUT2D eigenvalue weighted by Crippen LogP contribution is -2.00. The summed E-state index contributed by atoms with van der Waals surface area (Å²) in [7, 11) is 0. The van der Waals surface area contributed by atoms with Gasteiger partial charge in [-0.2, -0.15) is 0 Å². The lowest BCUT2D eigenvalue weighted by atomic mass is 10.0. The van der Waals surface area contributed by atoms with Crippen LogP contribution in [-0.4, -0.2) is 16.1 Å². The maximum atomic E-state index is 11.4. The maximum Gasteiger partial charge on any atom is 0.336 e. The van der Waals surface area contributed by atoms with E-state index < -0.39 is 5.97 Å². The highest BCUT2D eigenvalue weighted by Crippen LogP contribution is 2.27. The SMILES string of the molecule is Cc1cc(C(=O)O)c2cc(-c3ccc(Cl)cc3)ccc2n1. The molecule has 1 aromatic heterocycles. The van der Waals surface area contributed by atoms with Gasteiger partial charge in [-0.3, -0.25) is 4.98 Å². The number of halogens is 1. The Labute approximate surface area is 126 Å². The third-order valence-corrected chi connectivity index (χ3v) is 3.60. The van der Waals surface area contributed by atoms with E-state index >= 15 is 0 Å². The fourth-order valence-electron chi connectivity index (χ4n) is 2.36. The molecule has 0 aliphatic rings. The smallest absolute Gasteiger partial charge is 0.336 e. The number of aryl methyl sites for hydroxylation is 1. The summed E-state index contributed by atoms with van der Waals surface area (Å²) in [6.07, 6.45) is 0. The monoisotopic (exact) mass is 297 g/mol. The van der Waals surface area contributed by atoms with E-state index in [0.29, 0.717) is 21.6 Å². The van der Waals surface area contributed by atoms with Gasteiger partial charge in [-0.05, 0) is 48.4 Å². The van der Waals surface area contributed by atoms with Gasteiger partial charge in [-0.15, -0.1) is 0 Å². The molecule has 4 heteroatoms. The Morgan fingerprint density at radius 1 is 1.05 bits per heavy atom. The summed E-state index contributed by atoms with van der Waals surface area (Å²) in [4.78, 5) is 15.8. The summed E-state index contributed by atoms with van der Waals surface area (Å²) in [6, 6.07) is 14.7. The molecular weight excluding hydrogens is 286 g/mol. The molecule has 3 aromatic rings. The van der Waals surface area contributed by atoms with Gasteiger partial charge in [0.2, 0.25) is 0 Å². The number of nitrogens with zero attached hydrogens (tertiary/aromatic N) is 1. The standard InChI is InChI=1S/C17H12ClNO2/c1-10-8-15(17(20)21)14-9-12(4-7-16(14)19-10)11-2-5-13(18)6-3-11/h2-9H,1H3,(H,20,21). The Morgan fingerprint density at radius 3 is 2.38 bits per heavy atom. The Hall–Kier alpha value is -2.39. The number of fused-ring (bicyclic) bond motifs is 1. The fraction of sp³-hybridized carbons (Fsp3) is 0.0588. The van der Waals surface area contributed by atoms with Crippen molar-refractivity contribution in [2.24, 2.45) is 0 Å². The first kappa shape index (κ1) is 13.6. The molecule has 0 saturated carbocycles. The molecule has 0 atom stereocenters. The molecule has 0 spiro atoms. The lowest BCUT2D eigenvalue weighted by molar-refractivity contribution is 0.0699. The van der Waals surface area contributed by atoms with Crippen LogP contribution in [0.25, 0.3) is 22.0 Å². The van der Waals surface area contributed by atoms with E-state index in [1.54, 1.807) is 13.0 Å². The molecule has 0 radical (unpaired) electrons. The van der Waals surface area contributed by atoms with Crippen molar-refractivity contribution in [3.63, 3.8) is 0 Å². The average molecular weight is 298 g/mol. The lowest BCUT2D eigenvalue weighted by Gasteiger charge is -2.07. The van der Waals surface area contributed by atoms with Gasteiger partial charge < -0.3 is 5.11 Å². The van der Waals surface area contributed by atoms with Crippen molar-refractivity contribution in [3.05, 3.63) is 64.8 Å². The molecule has 0 bridgehead atoms. The van der Waals surface area contributed by atoms with E-state index in [1.165, 1.54) is 0 Å². The third-order valence-electron chi connectivity index (χ3n) is 3.34. The predicted octanol–water partition coefficient (Wildman–Crippen LogP) is 4.56. The van der Waals surface area contributed by atoms with Gasteiger partial charge in [0.15, 0.2) is 0 Å². The first-order valence-electron chi connectivity index (χ1n) is 6.45. The van der Waals surface area contributed by atoms with E-state index in [4.69, 9.17) is 11.6 Å². The second kappa shape index (κ2) is 5.19. The van der Waals surface area contributed by atoms with Crippen LogP contribution in [0.15, 0.2) is 48.5 Å². The zero-order valence-electron chi connectivity index (χ0n) is 11.3. The molecule has 3 nitrogen and oxygen atoms in total. The van der Waals surface area contributed by atoms with Gasteiger partial charge in [0, 0.05) is 16.1 Å². The number of carboxylic acids is 1. The van der Waals surface area contributed by atoms with Crippen molar-refractivity contribution >= 4 is 28.5 Å². The number of rotatable bonds is 2. The maximum absolute atomic E-state index is 11.4. The summed E-state index contributed by atoms with van der Waals surface area (Å²) < 4.78 is 0. The summed E-state index contributed by atoms with van der Waals surface area (Å²) in [5.41, 5.74) is 3.57. The van der Waals surface area contributed by atoms with Crippen molar-refractivity contribution in [2.45, 2.75) is 6.92 Å². The highest BCUT2D eigenvalue weighted by molar-refractivity contribution is 6.30. The topological polar surface area (TPSA) is 50.2 Å². The van der Waals surface area contributed by atoms with E-state index in [0.717, 1.165) is 11.1 Å². The number of pyridine rings is 1. The Kier molecular flexibility index (Phi) is 3.35. The molecule has 2 aromatic carbocycles. The molecule has 3 rings (SSSR count). The minimum Gasteiger partial charge on any atom is -0.478 e. The quantitative estimate of drug-likeness (QED) is 0.754. The van der Waals surface area contributed by atoms with Gasteiger partial charge in [0.05, 0.1) is 11.1 Å². The molecule has 0 aliphatic heterocycles. The average Bonchev–Trinajstić information content (AvgIpc) is 2.46. The van der Waals surface area contributed by atoms with E-state index in [-0.39, 0.29) is 5.56 Å². The first-order valence-corrected chi connectivity index (χ1v) is 6.83. The van der Waals surface area contributed by atoms with Crippen LogP contribution < -0.4 is 0 Å². The van der Waals surface area contributed by atoms with Crippen molar-refractivity contribution in [3.8, 4) is 11.1 Å². The second-order valence-corrected chi connectivity index (χ2v) is 5.29. The van der Waals surface area contributed by atoms with Crippen molar-refractivity contribution in [1.82, 2.24) is 4.98 Å². The van der Waals surface area contributed by atoms with Crippen molar-refractivity contribution in [2.75, 3.05) is 0 Å². The van der Waals surface area contributed by atoms with E-state index in [9.17, 15) is 9.90 Å². The molecule has 0 saturated heterocycles. The summed E-state index contributed by atoms with van der Waals surface area (Å²) in [6.45, 7) is 1.79.